The summed E-state index contributed by atoms with van der Waals surface area (Å²) < 4.78 is 0. The fourth-order valence-corrected chi connectivity index (χ4v) is 5.12. The lowest BCUT2D eigenvalue weighted by Gasteiger charge is -2.20. The SMILES string of the molecule is Cc1ccc(Cl)cc1NC1=C(c2cccs2)C(=O)N(c2ccc(N3CCCC3)cc2)C1=O. The second-order valence-electron chi connectivity index (χ2n) is 7.97. The third kappa shape index (κ3) is 3.70. The van der Waals surface area contributed by atoms with Gasteiger partial charge >= 0.3 is 0 Å². The number of aryl methyl sites for hydroxylation is 1. The topological polar surface area (TPSA) is 52.7 Å². The van der Waals surface area contributed by atoms with Crippen LogP contribution in [0.4, 0.5) is 17.1 Å². The molecule has 0 spiro atoms. The molecule has 5 rings (SSSR count). The van der Waals surface area contributed by atoms with E-state index < -0.39 is 0 Å². The van der Waals surface area contributed by atoms with Crippen molar-refractivity contribution in [3.63, 3.8) is 0 Å². The van der Waals surface area contributed by atoms with Crippen molar-refractivity contribution in [3.05, 3.63) is 81.1 Å². The Morgan fingerprint density at radius 3 is 2.34 bits per heavy atom. The molecule has 0 unspecified atom stereocenters. The second kappa shape index (κ2) is 8.45. The molecule has 32 heavy (non-hydrogen) atoms. The van der Waals surface area contributed by atoms with Gasteiger partial charge < -0.3 is 10.2 Å². The Labute approximate surface area is 195 Å². The number of hydrogen-bond donors (Lipinski definition) is 1. The van der Waals surface area contributed by atoms with Crippen molar-refractivity contribution < 1.29 is 9.59 Å². The summed E-state index contributed by atoms with van der Waals surface area (Å²) in [4.78, 5) is 31.3. The molecule has 3 aromatic rings. The summed E-state index contributed by atoms with van der Waals surface area (Å²) in [5.41, 5.74) is 3.97. The van der Waals surface area contributed by atoms with Crippen LogP contribution >= 0.6 is 22.9 Å². The summed E-state index contributed by atoms with van der Waals surface area (Å²) in [6, 6.07) is 16.8. The Hall–Kier alpha value is -3.09. The molecule has 162 valence electrons. The van der Waals surface area contributed by atoms with Gasteiger partial charge in [-0.15, -0.1) is 11.3 Å². The molecule has 2 aliphatic rings. The molecule has 0 saturated carbocycles. The zero-order valence-electron chi connectivity index (χ0n) is 17.6. The lowest BCUT2D eigenvalue weighted by molar-refractivity contribution is -0.120. The first-order valence-electron chi connectivity index (χ1n) is 10.6. The lowest BCUT2D eigenvalue weighted by atomic mass is 10.1. The Kier molecular flexibility index (Phi) is 5.49. The average molecular weight is 464 g/mol. The third-order valence-corrected chi connectivity index (χ3v) is 7.01. The van der Waals surface area contributed by atoms with Gasteiger partial charge in [-0.3, -0.25) is 9.59 Å². The maximum Gasteiger partial charge on any atom is 0.282 e. The lowest BCUT2D eigenvalue weighted by Crippen LogP contribution is -2.32. The van der Waals surface area contributed by atoms with Crippen molar-refractivity contribution in [1.82, 2.24) is 0 Å². The van der Waals surface area contributed by atoms with Crippen LogP contribution in [-0.4, -0.2) is 24.9 Å². The molecular weight excluding hydrogens is 442 g/mol. The van der Waals surface area contributed by atoms with Gasteiger partial charge in [0.1, 0.15) is 5.70 Å². The van der Waals surface area contributed by atoms with Crippen molar-refractivity contribution in [3.8, 4) is 0 Å². The molecule has 1 N–H and O–H groups in total. The number of nitrogens with zero attached hydrogens (tertiary/aromatic N) is 2. The molecule has 1 saturated heterocycles. The zero-order chi connectivity index (χ0) is 22.2. The highest BCUT2D eigenvalue weighted by Gasteiger charge is 2.40. The molecular formula is C25H22ClN3O2S. The molecule has 3 heterocycles. The van der Waals surface area contributed by atoms with E-state index in [0.717, 1.165) is 29.2 Å². The molecule has 2 aliphatic heterocycles. The number of anilines is 3. The van der Waals surface area contributed by atoms with Gasteiger partial charge in [-0.1, -0.05) is 23.7 Å². The molecule has 0 aliphatic carbocycles. The number of carbonyl (C=O) groups is 2. The van der Waals surface area contributed by atoms with E-state index in [4.69, 9.17) is 11.6 Å². The zero-order valence-corrected chi connectivity index (χ0v) is 19.2. The van der Waals surface area contributed by atoms with Crippen molar-refractivity contribution in [1.29, 1.82) is 0 Å². The number of benzene rings is 2. The van der Waals surface area contributed by atoms with Gasteiger partial charge in [0.05, 0.1) is 11.3 Å². The van der Waals surface area contributed by atoms with Crippen LogP contribution < -0.4 is 15.1 Å². The van der Waals surface area contributed by atoms with Gasteiger partial charge in [-0.2, -0.15) is 0 Å². The third-order valence-electron chi connectivity index (χ3n) is 5.89. The summed E-state index contributed by atoms with van der Waals surface area (Å²) in [5.74, 6) is -0.694. The van der Waals surface area contributed by atoms with Gasteiger partial charge in [-0.05, 0) is 73.2 Å². The Morgan fingerprint density at radius 1 is 0.938 bits per heavy atom. The van der Waals surface area contributed by atoms with Crippen LogP contribution in [0.15, 0.2) is 65.7 Å². The number of carbonyl (C=O) groups excluding carboxylic acids is 2. The highest BCUT2D eigenvalue weighted by Crippen LogP contribution is 2.37. The number of imide groups is 1. The van der Waals surface area contributed by atoms with Crippen molar-refractivity contribution in [2.24, 2.45) is 0 Å². The molecule has 0 radical (unpaired) electrons. The van der Waals surface area contributed by atoms with Crippen LogP contribution in [0.25, 0.3) is 5.57 Å². The second-order valence-corrected chi connectivity index (χ2v) is 9.35. The predicted octanol–water partition coefficient (Wildman–Crippen LogP) is 5.71. The first-order valence-corrected chi connectivity index (χ1v) is 11.8. The number of thiophene rings is 1. The summed E-state index contributed by atoms with van der Waals surface area (Å²) in [6.07, 6.45) is 2.38. The Balaban J connectivity index is 1.51. The first-order chi connectivity index (χ1) is 15.5. The fraction of sp³-hybridized carbons (Fsp3) is 0.200. The first kappa shape index (κ1) is 20.8. The largest absolute Gasteiger partial charge is 0.372 e. The van der Waals surface area contributed by atoms with E-state index in [1.165, 1.54) is 29.1 Å². The highest BCUT2D eigenvalue weighted by atomic mass is 35.5. The van der Waals surface area contributed by atoms with Crippen LogP contribution in [0.5, 0.6) is 0 Å². The summed E-state index contributed by atoms with van der Waals surface area (Å²) in [7, 11) is 0. The van der Waals surface area contributed by atoms with Gasteiger partial charge in [0.15, 0.2) is 0 Å². The number of nitrogens with one attached hydrogen (secondary N) is 1. The Morgan fingerprint density at radius 2 is 1.66 bits per heavy atom. The summed E-state index contributed by atoms with van der Waals surface area (Å²) in [5, 5.41) is 5.66. The molecule has 0 atom stereocenters. The standard InChI is InChI=1S/C25H22ClN3O2S/c1-16-6-7-17(26)15-20(16)27-23-22(21-5-4-14-32-21)24(30)29(25(23)31)19-10-8-18(9-11-19)28-12-2-3-13-28/h4-11,14-15,27H,2-3,12-13H2,1H3. The van der Waals surface area contributed by atoms with Crippen molar-refractivity contribution in [2.45, 2.75) is 19.8 Å². The van der Waals surface area contributed by atoms with Crippen LogP contribution in [0.1, 0.15) is 23.3 Å². The molecule has 1 aromatic heterocycles. The van der Waals surface area contributed by atoms with Crippen LogP contribution in [0.2, 0.25) is 5.02 Å². The smallest absolute Gasteiger partial charge is 0.282 e. The van der Waals surface area contributed by atoms with E-state index in [1.54, 1.807) is 12.1 Å². The van der Waals surface area contributed by atoms with Gasteiger partial charge in [-0.25, -0.2) is 4.90 Å². The summed E-state index contributed by atoms with van der Waals surface area (Å²) >= 11 is 7.61. The fourth-order valence-electron chi connectivity index (χ4n) is 4.18. The van der Waals surface area contributed by atoms with Gasteiger partial charge in [0.2, 0.25) is 0 Å². The van der Waals surface area contributed by atoms with Crippen LogP contribution in [0, 0.1) is 6.92 Å². The number of amides is 2. The number of hydrogen-bond acceptors (Lipinski definition) is 5. The predicted molar refractivity (Wildman–Crippen MR) is 131 cm³/mol. The molecule has 2 aromatic carbocycles. The number of rotatable bonds is 5. The summed E-state index contributed by atoms with van der Waals surface area (Å²) in [6.45, 7) is 4.01. The minimum atomic E-state index is -0.369. The molecule has 7 heteroatoms. The van der Waals surface area contributed by atoms with Crippen molar-refractivity contribution >= 4 is 57.4 Å². The maximum absolute atomic E-state index is 13.5. The number of halogens is 1. The van der Waals surface area contributed by atoms with E-state index in [-0.39, 0.29) is 17.5 Å². The van der Waals surface area contributed by atoms with E-state index >= 15 is 0 Å². The van der Waals surface area contributed by atoms with E-state index in [9.17, 15) is 9.59 Å². The van der Waals surface area contributed by atoms with E-state index in [0.29, 0.717) is 22.0 Å². The van der Waals surface area contributed by atoms with E-state index in [1.807, 2.05) is 54.8 Å². The van der Waals surface area contributed by atoms with Crippen molar-refractivity contribution in [2.75, 3.05) is 28.2 Å². The van der Waals surface area contributed by atoms with Gasteiger partial charge in [0.25, 0.3) is 11.8 Å². The molecule has 1 fully saturated rings. The van der Waals surface area contributed by atoms with Gasteiger partial charge in [0, 0.05) is 34.4 Å². The van der Waals surface area contributed by atoms with E-state index in [2.05, 4.69) is 10.2 Å². The minimum Gasteiger partial charge on any atom is -0.372 e. The Bertz CT molecular complexity index is 1210. The maximum atomic E-state index is 13.5. The average Bonchev–Trinajstić information content (AvgIpc) is 3.54. The molecule has 2 amide bonds. The monoisotopic (exact) mass is 463 g/mol. The minimum absolute atomic E-state index is 0.270. The quantitative estimate of drug-likeness (QED) is 0.492. The van der Waals surface area contributed by atoms with Crippen LogP contribution in [-0.2, 0) is 9.59 Å². The highest BCUT2D eigenvalue weighted by molar-refractivity contribution is 7.11. The van der Waals surface area contributed by atoms with Crippen LogP contribution in [0.3, 0.4) is 0 Å². The normalized spacial score (nSPS) is 16.4. The molecule has 5 nitrogen and oxygen atoms in total. The molecule has 0 bridgehead atoms.